The number of nitrogens with one attached hydrogen (secondary N) is 1. The lowest BCUT2D eigenvalue weighted by Gasteiger charge is -2.08. The maximum Gasteiger partial charge on any atom is 0.132 e. The van der Waals surface area contributed by atoms with Crippen molar-refractivity contribution in [2.24, 2.45) is 5.92 Å². The van der Waals surface area contributed by atoms with Gasteiger partial charge in [-0.05, 0) is 26.8 Å². The van der Waals surface area contributed by atoms with E-state index in [4.69, 9.17) is 0 Å². The third kappa shape index (κ3) is 5.08. The third-order valence-corrected chi connectivity index (χ3v) is 2.05. The molecule has 0 spiro atoms. The molecule has 0 bridgehead atoms. The molecule has 0 aromatic carbocycles. The summed E-state index contributed by atoms with van der Waals surface area (Å²) in [5.41, 5.74) is 1.17. The minimum absolute atomic E-state index is 0.179. The number of likely N-dealkylation sites (N-methyl/N-ethyl adjacent to an activating group) is 1. The van der Waals surface area contributed by atoms with E-state index in [9.17, 15) is 4.79 Å². The summed E-state index contributed by atoms with van der Waals surface area (Å²) in [6.07, 6.45) is 1.87. The molecule has 0 aromatic heterocycles. The van der Waals surface area contributed by atoms with Gasteiger partial charge in [-0.25, -0.2) is 0 Å². The Hall–Kier alpha value is -0.630. The molecule has 0 saturated heterocycles. The molecular weight excluding hydrogens is 150 g/mol. The van der Waals surface area contributed by atoms with Crippen molar-refractivity contribution in [3.8, 4) is 0 Å². The maximum absolute atomic E-state index is 10.9. The molecule has 0 aromatic rings. The molecule has 0 rings (SSSR count). The van der Waals surface area contributed by atoms with Gasteiger partial charge in [-0.15, -0.1) is 0 Å². The van der Waals surface area contributed by atoms with Crippen LogP contribution in [0.4, 0.5) is 0 Å². The van der Waals surface area contributed by atoms with Crippen LogP contribution in [0.15, 0.2) is 12.2 Å². The highest BCUT2D eigenvalue weighted by Crippen LogP contribution is 2.10. The quantitative estimate of drug-likeness (QED) is 0.614. The summed E-state index contributed by atoms with van der Waals surface area (Å²) in [7, 11) is 1.90. The second kappa shape index (κ2) is 5.95. The summed E-state index contributed by atoms with van der Waals surface area (Å²) in [5, 5.41) is 3.04. The Balaban J connectivity index is 3.54. The first-order valence-corrected chi connectivity index (χ1v) is 4.39. The van der Waals surface area contributed by atoms with Crippen LogP contribution in [0.1, 0.15) is 26.7 Å². The first kappa shape index (κ1) is 11.4. The van der Waals surface area contributed by atoms with Gasteiger partial charge in [0.15, 0.2) is 0 Å². The van der Waals surface area contributed by atoms with E-state index in [1.807, 2.05) is 14.0 Å². The van der Waals surface area contributed by atoms with E-state index in [0.29, 0.717) is 0 Å². The van der Waals surface area contributed by atoms with E-state index < -0.39 is 0 Å². The Morgan fingerprint density at radius 2 is 2.17 bits per heavy atom. The minimum Gasteiger partial charge on any atom is -0.316 e. The van der Waals surface area contributed by atoms with Crippen LogP contribution in [0.2, 0.25) is 0 Å². The molecule has 12 heavy (non-hydrogen) atoms. The summed E-state index contributed by atoms with van der Waals surface area (Å²) in [5.74, 6) is 0.450. The monoisotopic (exact) mass is 169 g/mol. The zero-order valence-corrected chi connectivity index (χ0v) is 8.31. The Morgan fingerprint density at radius 3 is 2.58 bits per heavy atom. The Labute approximate surface area is 75.0 Å². The third-order valence-electron chi connectivity index (χ3n) is 2.05. The number of carbonyl (C=O) groups is 1. The number of rotatable bonds is 6. The van der Waals surface area contributed by atoms with Gasteiger partial charge in [0.1, 0.15) is 5.78 Å². The van der Waals surface area contributed by atoms with Crippen LogP contribution in [0.25, 0.3) is 0 Å². The van der Waals surface area contributed by atoms with Gasteiger partial charge in [-0.1, -0.05) is 19.1 Å². The molecule has 0 aliphatic carbocycles. The van der Waals surface area contributed by atoms with E-state index in [0.717, 1.165) is 19.4 Å². The van der Waals surface area contributed by atoms with Crippen molar-refractivity contribution in [3.63, 3.8) is 0 Å². The van der Waals surface area contributed by atoms with Gasteiger partial charge in [0.05, 0.1) is 0 Å². The summed E-state index contributed by atoms with van der Waals surface area (Å²) < 4.78 is 0. The van der Waals surface area contributed by atoms with Crippen molar-refractivity contribution in [1.29, 1.82) is 0 Å². The van der Waals surface area contributed by atoms with Crippen LogP contribution >= 0.6 is 0 Å². The lowest BCUT2D eigenvalue weighted by molar-refractivity contribution is -0.120. The second-order valence-electron chi connectivity index (χ2n) is 3.33. The average Bonchev–Trinajstić information content (AvgIpc) is 2.00. The molecule has 70 valence electrons. The predicted octanol–water partition coefficient (Wildman–Crippen LogP) is 1.77. The van der Waals surface area contributed by atoms with Gasteiger partial charge in [0.2, 0.25) is 0 Å². The summed E-state index contributed by atoms with van der Waals surface area (Å²) in [6.45, 7) is 8.37. The summed E-state index contributed by atoms with van der Waals surface area (Å²) in [4.78, 5) is 10.9. The van der Waals surface area contributed by atoms with Gasteiger partial charge in [0.25, 0.3) is 0 Å². The Kier molecular flexibility index (Phi) is 5.64. The van der Waals surface area contributed by atoms with Crippen molar-refractivity contribution in [2.75, 3.05) is 13.6 Å². The lowest BCUT2D eigenvalue weighted by Crippen LogP contribution is -2.12. The van der Waals surface area contributed by atoms with E-state index in [1.165, 1.54) is 5.57 Å². The molecule has 0 radical (unpaired) electrons. The minimum atomic E-state index is 0.179. The SMILES string of the molecule is C=C(CC[C@H](C)C(C)=O)CNC. The van der Waals surface area contributed by atoms with Gasteiger partial charge in [-0.2, -0.15) is 0 Å². The molecule has 0 unspecified atom stereocenters. The van der Waals surface area contributed by atoms with Crippen molar-refractivity contribution < 1.29 is 4.79 Å². The van der Waals surface area contributed by atoms with Crippen molar-refractivity contribution in [1.82, 2.24) is 5.32 Å². The molecule has 2 heteroatoms. The van der Waals surface area contributed by atoms with E-state index in [2.05, 4.69) is 11.9 Å². The largest absolute Gasteiger partial charge is 0.316 e. The fourth-order valence-corrected chi connectivity index (χ4v) is 0.962. The molecule has 0 saturated carbocycles. The highest BCUT2D eigenvalue weighted by molar-refractivity contribution is 5.77. The van der Waals surface area contributed by atoms with Crippen molar-refractivity contribution in [2.45, 2.75) is 26.7 Å². The van der Waals surface area contributed by atoms with E-state index in [1.54, 1.807) is 6.92 Å². The van der Waals surface area contributed by atoms with Gasteiger partial charge in [-0.3, -0.25) is 4.79 Å². The molecule has 0 aliphatic rings. The fraction of sp³-hybridized carbons (Fsp3) is 0.700. The molecular formula is C10H19NO. The second-order valence-corrected chi connectivity index (χ2v) is 3.33. The normalized spacial score (nSPS) is 12.6. The van der Waals surface area contributed by atoms with Gasteiger partial charge >= 0.3 is 0 Å². The van der Waals surface area contributed by atoms with Crippen LogP contribution in [-0.4, -0.2) is 19.4 Å². The van der Waals surface area contributed by atoms with Gasteiger partial charge < -0.3 is 5.32 Å². The van der Waals surface area contributed by atoms with Crippen molar-refractivity contribution >= 4 is 5.78 Å². The number of carbonyl (C=O) groups excluding carboxylic acids is 1. The lowest BCUT2D eigenvalue weighted by atomic mass is 9.99. The average molecular weight is 169 g/mol. The standard InChI is InChI=1S/C10H19NO/c1-8(7-11-4)5-6-9(2)10(3)12/h9,11H,1,5-7H2,2-4H3/t9-/m0/s1. The predicted molar refractivity (Wildman–Crippen MR) is 52.1 cm³/mol. The van der Waals surface area contributed by atoms with Crippen LogP contribution < -0.4 is 5.32 Å². The Morgan fingerprint density at radius 1 is 1.58 bits per heavy atom. The fourth-order valence-electron chi connectivity index (χ4n) is 0.962. The topological polar surface area (TPSA) is 29.1 Å². The molecule has 1 atom stereocenters. The van der Waals surface area contributed by atoms with Crippen molar-refractivity contribution in [3.05, 3.63) is 12.2 Å². The van der Waals surface area contributed by atoms with Crippen LogP contribution in [0.3, 0.4) is 0 Å². The number of Topliss-reactive ketones (excluding diaryl/α,β-unsaturated/α-hetero) is 1. The molecule has 1 N–H and O–H groups in total. The highest BCUT2D eigenvalue weighted by atomic mass is 16.1. The number of hydrogen-bond acceptors (Lipinski definition) is 2. The van der Waals surface area contributed by atoms with Crippen LogP contribution in [0.5, 0.6) is 0 Å². The summed E-state index contributed by atoms with van der Waals surface area (Å²) >= 11 is 0. The number of hydrogen-bond donors (Lipinski definition) is 1. The summed E-state index contributed by atoms with van der Waals surface area (Å²) in [6, 6.07) is 0. The molecule has 0 amide bonds. The maximum atomic E-state index is 10.9. The van der Waals surface area contributed by atoms with Gasteiger partial charge in [0, 0.05) is 12.5 Å². The molecule has 2 nitrogen and oxygen atoms in total. The first-order chi connectivity index (χ1) is 5.57. The van der Waals surface area contributed by atoms with Crippen LogP contribution in [0, 0.1) is 5.92 Å². The highest BCUT2D eigenvalue weighted by Gasteiger charge is 2.07. The molecule has 0 fully saturated rings. The smallest absolute Gasteiger partial charge is 0.132 e. The first-order valence-electron chi connectivity index (χ1n) is 4.39. The van der Waals surface area contributed by atoms with E-state index >= 15 is 0 Å². The Bertz CT molecular complexity index is 163. The molecule has 0 heterocycles. The van der Waals surface area contributed by atoms with E-state index in [-0.39, 0.29) is 11.7 Å². The molecule has 0 aliphatic heterocycles. The van der Waals surface area contributed by atoms with Crippen LogP contribution in [-0.2, 0) is 4.79 Å². The number of ketones is 1. The zero-order valence-electron chi connectivity index (χ0n) is 8.31. The zero-order chi connectivity index (χ0) is 9.56.